The van der Waals surface area contributed by atoms with Gasteiger partial charge in [0.1, 0.15) is 17.8 Å². The van der Waals surface area contributed by atoms with Crippen molar-refractivity contribution in [1.82, 2.24) is 24.7 Å². The van der Waals surface area contributed by atoms with E-state index in [0.717, 1.165) is 22.9 Å². The highest BCUT2D eigenvalue weighted by Crippen LogP contribution is 2.32. The highest BCUT2D eigenvalue weighted by Gasteiger charge is 2.30. The van der Waals surface area contributed by atoms with Crippen LogP contribution < -0.4 is 5.73 Å². The van der Waals surface area contributed by atoms with Gasteiger partial charge < -0.3 is 5.73 Å². The first-order chi connectivity index (χ1) is 16.7. The summed E-state index contributed by atoms with van der Waals surface area (Å²) in [4.78, 5) is 12.8. The van der Waals surface area contributed by atoms with Gasteiger partial charge in [-0.15, -0.1) is 0 Å². The van der Waals surface area contributed by atoms with Crippen LogP contribution in [0.5, 0.6) is 0 Å². The van der Waals surface area contributed by atoms with E-state index in [9.17, 15) is 13.2 Å². The predicted molar refractivity (Wildman–Crippen MR) is 128 cm³/mol. The van der Waals surface area contributed by atoms with Crippen LogP contribution in [0.3, 0.4) is 0 Å². The molecule has 0 aliphatic heterocycles. The van der Waals surface area contributed by atoms with Crippen molar-refractivity contribution in [3.05, 3.63) is 77.9 Å². The molecule has 0 fully saturated rings. The van der Waals surface area contributed by atoms with E-state index in [0.29, 0.717) is 39.4 Å². The van der Waals surface area contributed by atoms with Gasteiger partial charge in [-0.2, -0.15) is 18.3 Å². The molecular formula is C26H19F3N6. The number of nitrogen functional groups attached to an aromatic ring is 1. The van der Waals surface area contributed by atoms with E-state index in [-0.39, 0.29) is 6.04 Å². The summed E-state index contributed by atoms with van der Waals surface area (Å²) in [5.41, 5.74) is 7.99. The topological polar surface area (TPSA) is 82.5 Å². The minimum atomic E-state index is -4.42. The summed E-state index contributed by atoms with van der Waals surface area (Å²) in [5, 5.41) is 6.75. The van der Waals surface area contributed by atoms with Crippen LogP contribution in [0.1, 0.15) is 36.7 Å². The number of nitrogens with zero attached hydrogens (tertiary/aromatic N) is 5. The summed E-state index contributed by atoms with van der Waals surface area (Å²) in [6, 6.07) is 12.5. The average molecular weight is 472 g/mol. The fraction of sp³-hybridized carbons (Fsp3) is 0.154. The fourth-order valence-corrected chi connectivity index (χ4v) is 3.86. The molecule has 0 spiro atoms. The molecule has 3 aromatic heterocycles. The first-order valence-electron chi connectivity index (χ1n) is 10.8. The highest BCUT2D eigenvalue weighted by molar-refractivity contribution is 5.92. The summed E-state index contributed by atoms with van der Waals surface area (Å²) in [7, 11) is 0. The number of nitrogens with two attached hydrogens (primary N) is 1. The van der Waals surface area contributed by atoms with Crippen molar-refractivity contribution >= 4 is 27.6 Å². The molecule has 0 saturated heterocycles. The molecule has 9 heteroatoms. The van der Waals surface area contributed by atoms with Gasteiger partial charge in [-0.3, -0.25) is 4.98 Å². The molecule has 3 heterocycles. The average Bonchev–Trinajstić information content (AvgIpc) is 3.22. The Bertz CT molecular complexity index is 1640. The minimum absolute atomic E-state index is 0.0541. The lowest BCUT2D eigenvalue weighted by Crippen LogP contribution is -2.04. The third-order valence-electron chi connectivity index (χ3n) is 5.57. The number of anilines is 1. The van der Waals surface area contributed by atoms with E-state index in [1.165, 1.54) is 12.4 Å². The molecule has 0 amide bonds. The van der Waals surface area contributed by atoms with Crippen LogP contribution in [0, 0.1) is 11.8 Å². The number of aromatic nitrogens is 5. The molecule has 0 unspecified atom stereocenters. The fourth-order valence-electron chi connectivity index (χ4n) is 3.86. The van der Waals surface area contributed by atoms with Crippen molar-refractivity contribution in [2.24, 2.45) is 0 Å². The van der Waals surface area contributed by atoms with Crippen LogP contribution in [0.15, 0.2) is 61.1 Å². The normalized spacial score (nSPS) is 11.7. The summed E-state index contributed by atoms with van der Waals surface area (Å²) in [6.45, 7) is 3.97. The first kappa shape index (κ1) is 22.3. The van der Waals surface area contributed by atoms with Crippen molar-refractivity contribution in [3.63, 3.8) is 0 Å². The second-order valence-corrected chi connectivity index (χ2v) is 8.27. The number of halogens is 3. The number of pyridine rings is 1. The Morgan fingerprint density at radius 2 is 1.77 bits per heavy atom. The molecule has 5 aromatic rings. The van der Waals surface area contributed by atoms with E-state index >= 15 is 0 Å². The van der Waals surface area contributed by atoms with Gasteiger partial charge in [0.2, 0.25) is 0 Å². The lowest BCUT2D eigenvalue weighted by atomic mass is 10.0. The molecule has 6 nitrogen and oxygen atoms in total. The van der Waals surface area contributed by atoms with Gasteiger partial charge in [0.05, 0.1) is 16.6 Å². The maximum Gasteiger partial charge on any atom is 0.416 e. The summed E-state index contributed by atoms with van der Waals surface area (Å²) in [5.74, 6) is 6.53. The monoisotopic (exact) mass is 472 g/mol. The molecule has 2 N–H and O–H groups in total. The molecular weight excluding hydrogens is 453 g/mol. The van der Waals surface area contributed by atoms with Gasteiger partial charge in [-0.25, -0.2) is 14.6 Å². The van der Waals surface area contributed by atoms with Crippen molar-refractivity contribution in [2.45, 2.75) is 26.1 Å². The number of benzene rings is 2. The Morgan fingerprint density at radius 3 is 2.54 bits per heavy atom. The number of fused-ring (bicyclic) bond motifs is 2. The molecule has 5 rings (SSSR count). The van der Waals surface area contributed by atoms with Crippen molar-refractivity contribution in [1.29, 1.82) is 0 Å². The highest BCUT2D eigenvalue weighted by atomic mass is 19.4. The molecule has 0 atom stereocenters. The molecule has 35 heavy (non-hydrogen) atoms. The molecule has 0 radical (unpaired) electrons. The van der Waals surface area contributed by atoms with Crippen LogP contribution in [0.2, 0.25) is 0 Å². The van der Waals surface area contributed by atoms with E-state index in [4.69, 9.17) is 5.73 Å². The number of hydrogen-bond donors (Lipinski definition) is 1. The standard InChI is InChI=1S/C26H19F3N6/c1-15(2)35-25-23(24(30)32-14-33-25)21(34-35)10-9-16-5-3-6-17-12-22(31-13-20(16)17)18-7-4-8-19(11-18)26(27,28)29/h3-8,11-15H,1-2H3,(H2,30,32,33). The van der Waals surface area contributed by atoms with Gasteiger partial charge in [0, 0.05) is 28.8 Å². The predicted octanol–water partition coefficient (Wildman–Crippen LogP) is 5.62. The van der Waals surface area contributed by atoms with Gasteiger partial charge in [-0.05, 0) is 49.4 Å². The van der Waals surface area contributed by atoms with E-state index in [1.54, 1.807) is 23.0 Å². The quantitative estimate of drug-likeness (QED) is 0.337. The molecule has 0 bridgehead atoms. The molecule has 174 valence electrons. The summed E-state index contributed by atoms with van der Waals surface area (Å²) in [6.07, 6.45) is -1.40. The van der Waals surface area contributed by atoms with Crippen LogP contribution in [-0.4, -0.2) is 24.7 Å². The first-order valence-corrected chi connectivity index (χ1v) is 10.8. The van der Waals surface area contributed by atoms with Gasteiger partial charge in [-0.1, -0.05) is 30.2 Å². The third kappa shape index (κ3) is 4.15. The van der Waals surface area contributed by atoms with Crippen molar-refractivity contribution in [2.75, 3.05) is 5.73 Å². The third-order valence-corrected chi connectivity index (χ3v) is 5.57. The van der Waals surface area contributed by atoms with Gasteiger partial charge in [0.15, 0.2) is 5.65 Å². The Morgan fingerprint density at radius 1 is 0.971 bits per heavy atom. The largest absolute Gasteiger partial charge is 0.416 e. The SMILES string of the molecule is CC(C)n1nc(C#Cc2cccc3cc(-c4cccc(C(F)(F)F)c4)ncc23)c2c(N)ncnc21. The van der Waals surface area contributed by atoms with E-state index in [1.807, 2.05) is 32.0 Å². The van der Waals surface area contributed by atoms with Crippen LogP contribution in [-0.2, 0) is 6.18 Å². The lowest BCUT2D eigenvalue weighted by Gasteiger charge is -2.09. The minimum Gasteiger partial charge on any atom is -0.383 e. The lowest BCUT2D eigenvalue weighted by molar-refractivity contribution is -0.137. The maximum absolute atomic E-state index is 13.1. The van der Waals surface area contributed by atoms with Crippen LogP contribution in [0.25, 0.3) is 33.1 Å². The van der Waals surface area contributed by atoms with Crippen molar-refractivity contribution < 1.29 is 13.2 Å². The van der Waals surface area contributed by atoms with Gasteiger partial charge in [0.25, 0.3) is 0 Å². The Kier molecular flexibility index (Phi) is 5.36. The van der Waals surface area contributed by atoms with Crippen LogP contribution in [0.4, 0.5) is 19.0 Å². The molecule has 0 saturated carbocycles. The van der Waals surface area contributed by atoms with Gasteiger partial charge >= 0.3 is 6.18 Å². The second-order valence-electron chi connectivity index (χ2n) is 8.27. The van der Waals surface area contributed by atoms with E-state index in [2.05, 4.69) is 31.9 Å². The Hall–Kier alpha value is -4.45. The second kappa shape index (κ2) is 8.40. The molecule has 2 aromatic carbocycles. The number of rotatable bonds is 2. The summed E-state index contributed by atoms with van der Waals surface area (Å²) < 4.78 is 41.1. The smallest absolute Gasteiger partial charge is 0.383 e. The number of hydrogen-bond acceptors (Lipinski definition) is 5. The molecule has 0 aliphatic carbocycles. The summed E-state index contributed by atoms with van der Waals surface area (Å²) >= 11 is 0. The van der Waals surface area contributed by atoms with E-state index < -0.39 is 11.7 Å². The zero-order valence-electron chi connectivity index (χ0n) is 18.8. The van der Waals surface area contributed by atoms with Crippen molar-refractivity contribution in [3.8, 4) is 23.1 Å². The molecule has 0 aliphatic rings. The zero-order chi connectivity index (χ0) is 24.7. The number of alkyl halides is 3. The Labute approximate surface area is 198 Å². The zero-order valence-corrected chi connectivity index (χ0v) is 18.8. The Balaban J connectivity index is 1.58. The van der Waals surface area contributed by atoms with Crippen LogP contribution >= 0.6 is 0 Å². The maximum atomic E-state index is 13.1.